The molecule has 2 saturated heterocycles. The summed E-state index contributed by atoms with van der Waals surface area (Å²) >= 11 is 0. The van der Waals surface area contributed by atoms with Crippen molar-refractivity contribution in [2.24, 2.45) is 0 Å². The molecule has 0 radical (unpaired) electrons. The van der Waals surface area contributed by atoms with Crippen LogP contribution >= 0.6 is 0 Å². The van der Waals surface area contributed by atoms with Gasteiger partial charge in [-0.1, -0.05) is 12.1 Å². The molecule has 2 atom stereocenters. The molecular weight excluding hydrogens is 662 g/mol. The highest BCUT2D eigenvalue weighted by Gasteiger charge is 2.44. The molecule has 47 heavy (non-hydrogen) atoms. The number of benzene rings is 2. The van der Waals surface area contributed by atoms with Crippen molar-refractivity contribution in [3.05, 3.63) is 68.8 Å². The van der Waals surface area contributed by atoms with Gasteiger partial charge in [0, 0.05) is 43.9 Å². The molecule has 256 valence electrons. The maximum absolute atomic E-state index is 13.9. The average Bonchev–Trinajstić information content (AvgIpc) is 3.00. The van der Waals surface area contributed by atoms with Gasteiger partial charge in [0.2, 0.25) is 15.9 Å². The van der Waals surface area contributed by atoms with E-state index in [1.54, 1.807) is 20.8 Å². The Morgan fingerprint density at radius 2 is 1.51 bits per heavy atom. The summed E-state index contributed by atoms with van der Waals surface area (Å²) in [4.78, 5) is 47.4. The maximum atomic E-state index is 13.9. The maximum Gasteiger partial charge on any atom is 0.410 e. The number of para-hydroxylation sites is 1. The Morgan fingerprint density at radius 1 is 0.894 bits per heavy atom. The molecule has 2 aromatic carbocycles. The number of nitro groups is 2. The molecule has 2 aromatic rings. The standard InChI is InChI=1S/C28H35N5O12S2/c1-28(2,3)44-27(35)30-16-14-19(15-17-30)29-26(34)24-13-10-21(45-47(42,43)25-7-5-4-6-23(25)33(38)39)18-31(24)46(40,41)22-11-8-20(9-12-22)32(36)37/h4-9,11-12,19,21,24H,10,13-18H2,1-3H3,(H,29,34)/t21-,24?/m0/s1. The van der Waals surface area contributed by atoms with Gasteiger partial charge < -0.3 is 15.0 Å². The van der Waals surface area contributed by atoms with E-state index in [-0.39, 0.29) is 36.5 Å². The Labute approximate surface area is 271 Å². The predicted molar refractivity (Wildman–Crippen MR) is 164 cm³/mol. The van der Waals surface area contributed by atoms with Crippen LogP contribution in [0.2, 0.25) is 0 Å². The third-order valence-corrected chi connectivity index (χ3v) is 10.8. The van der Waals surface area contributed by atoms with Crippen LogP contribution in [0.4, 0.5) is 16.2 Å². The molecule has 19 heteroatoms. The van der Waals surface area contributed by atoms with E-state index in [2.05, 4.69) is 5.32 Å². The van der Waals surface area contributed by atoms with E-state index in [4.69, 9.17) is 8.92 Å². The lowest BCUT2D eigenvalue weighted by molar-refractivity contribution is -0.387. The van der Waals surface area contributed by atoms with Gasteiger partial charge in [-0.3, -0.25) is 29.2 Å². The van der Waals surface area contributed by atoms with Crippen molar-refractivity contribution in [1.82, 2.24) is 14.5 Å². The molecule has 0 aromatic heterocycles. The zero-order chi connectivity index (χ0) is 34.7. The van der Waals surface area contributed by atoms with Crippen LogP contribution in [-0.2, 0) is 33.9 Å². The third-order valence-electron chi connectivity index (χ3n) is 7.54. The fraction of sp³-hybridized carbons (Fsp3) is 0.500. The van der Waals surface area contributed by atoms with E-state index in [0.717, 1.165) is 40.7 Å². The lowest BCUT2D eigenvalue weighted by atomic mass is 10.00. The molecule has 4 rings (SSSR count). The largest absolute Gasteiger partial charge is 0.444 e. The van der Waals surface area contributed by atoms with Crippen LogP contribution in [0.25, 0.3) is 0 Å². The first-order valence-corrected chi connectivity index (χ1v) is 17.4. The second-order valence-electron chi connectivity index (χ2n) is 12.1. The summed E-state index contributed by atoms with van der Waals surface area (Å²) in [5.41, 5.74) is -1.78. The summed E-state index contributed by atoms with van der Waals surface area (Å²) in [6.07, 6.45) is -1.35. The summed E-state index contributed by atoms with van der Waals surface area (Å²) in [7, 11) is -9.30. The number of nitro benzene ring substituents is 2. The first-order valence-electron chi connectivity index (χ1n) is 14.6. The van der Waals surface area contributed by atoms with Crippen molar-refractivity contribution in [1.29, 1.82) is 0 Å². The number of carbonyl (C=O) groups is 2. The topological polar surface area (TPSA) is 226 Å². The second kappa shape index (κ2) is 13.9. The van der Waals surface area contributed by atoms with Gasteiger partial charge in [-0.15, -0.1) is 0 Å². The molecule has 2 aliphatic rings. The number of carbonyl (C=O) groups excluding carboxylic acids is 2. The van der Waals surface area contributed by atoms with Crippen molar-refractivity contribution in [2.75, 3.05) is 19.6 Å². The van der Waals surface area contributed by atoms with Crippen LogP contribution in [0.1, 0.15) is 46.5 Å². The van der Waals surface area contributed by atoms with Crippen LogP contribution in [0.5, 0.6) is 0 Å². The molecule has 2 amide bonds. The van der Waals surface area contributed by atoms with E-state index in [1.807, 2.05) is 0 Å². The number of nitrogens with one attached hydrogen (secondary N) is 1. The quantitative estimate of drug-likeness (QED) is 0.227. The average molecular weight is 698 g/mol. The van der Waals surface area contributed by atoms with Crippen molar-refractivity contribution in [3.8, 4) is 0 Å². The van der Waals surface area contributed by atoms with Crippen LogP contribution in [0.3, 0.4) is 0 Å². The molecule has 0 bridgehead atoms. The predicted octanol–water partition coefficient (Wildman–Crippen LogP) is 2.95. The van der Waals surface area contributed by atoms with Crippen LogP contribution in [0, 0.1) is 20.2 Å². The van der Waals surface area contributed by atoms with Gasteiger partial charge in [-0.2, -0.15) is 12.7 Å². The number of piperidine rings is 2. The number of hydrogen-bond donors (Lipinski definition) is 1. The lowest BCUT2D eigenvalue weighted by Gasteiger charge is -2.39. The summed E-state index contributed by atoms with van der Waals surface area (Å²) in [6, 6.07) is 6.79. The minimum absolute atomic E-state index is 0.0959. The SMILES string of the molecule is CC(C)(C)OC(=O)N1CCC(NC(=O)C2CC[C@H](OS(=O)(=O)c3ccccc3[N+](=O)[O-])CN2S(=O)(=O)c2ccc([N+](=O)[O-])cc2)CC1. The third kappa shape index (κ3) is 8.59. The monoisotopic (exact) mass is 697 g/mol. The van der Waals surface area contributed by atoms with Crippen LogP contribution in [-0.4, -0.2) is 91.3 Å². The minimum Gasteiger partial charge on any atom is -0.444 e. The fourth-order valence-electron chi connectivity index (χ4n) is 5.27. The van der Waals surface area contributed by atoms with Crippen molar-refractivity contribution < 1.29 is 45.2 Å². The van der Waals surface area contributed by atoms with Crippen LogP contribution < -0.4 is 5.32 Å². The first-order chi connectivity index (χ1) is 21.9. The zero-order valence-electron chi connectivity index (χ0n) is 25.8. The molecule has 1 N–H and O–H groups in total. The van der Waals surface area contributed by atoms with Crippen molar-refractivity contribution in [3.63, 3.8) is 0 Å². The Balaban J connectivity index is 1.55. The van der Waals surface area contributed by atoms with E-state index < -0.39 is 82.9 Å². The minimum atomic E-state index is -4.75. The number of likely N-dealkylation sites (tertiary alicyclic amines) is 1. The van der Waals surface area contributed by atoms with E-state index >= 15 is 0 Å². The van der Waals surface area contributed by atoms with Crippen molar-refractivity contribution in [2.45, 2.75) is 80.0 Å². The van der Waals surface area contributed by atoms with Gasteiger partial charge in [0.05, 0.1) is 20.8 Å². The van der Waals surface area contributed by atoms with E-state index in [1.165, 1.54) is 17.0 Å². The molecule has 2 fully saturated rings. The van der Waals surface area contributed by atoms with Gasteiger partial charge in [-0.05, 0) is 64.7 Å². The highest BCUT2D eigenvalue weighted by atomic mass is 32.2. The van der Waals surface area contributed by atoms with E-state index in [0.29, 0.717) is 12.8 Å². The molecule has 17 nitrogen and oxygen atoms in total. The number of nitrogens with zero attached hydrogens (tertiary/aromatic N) is 4. The summed E-state index contributed by atoms with van der Waals surface area (Å²) < 4.78 is 65.4. The first kappa shape index (κ1) is 35.7. The summed E-state index contributed by atoms with van der Waals surface area (Å²) in [6.45, 7) is 5.19. The number of ether oxygens (including phenoxy) is 1. The Bertz CT molecular complexity index is 1740. The number of non-ortho nitro benzene ring substituents is 1. The zero-order valence-corrected chi connectivity index (χ0v) is 27.4. The van der Waals surface area contributed by atoms with Crippen molar-refractivity contribution >= 4 is 43.5 Å². The number of hydrogen-bond acceptors (Lipinski definition) is 12. The Hall–Kier alpha value is -4.20. The second-order valence-corrected chi connectivity index (χ2v) is 15.5. The molecule has 1 unspecified atom stereocenters. The van der Waals surface area contributed by atoms with E-state index in [9.17, 15) is 46.7 Å². The molecule has 0 saturated carbocycles. The smallest absolute Gasteiger partial charge is 0.410 e. The van der Waals surface area contributed by atoms with Gasteiger partial charge in [0.25, 0.3) is 11.4 Å². The Morgan fingerprint density at radius 3 is 2.09 bits per heavy atom. The highest BCUT2D eigenvalue weighted by molar-refractivity contribution is 7.89. The van der Waals surface area contributed by atoms with Gasteiger partial charge >= 0.3 is 16.2 Å². The van der Waals surface area contributed by atoms with Gasteiger partial charge in [0.15, 0.2) is 4.90 Å². The molecule has 2 heterocycles. The molecule has 2 aliphatic heterocycles. The lowest BCUT2D eigenvalue weighted by Crippen LogP contribution is -2.57. The molecular formula is C28H35N5O12S2. The highest BCUT2D eigenvalue weighted by Crippen LogP contribution is 2.32. The Kier molecular flexibility index (Phi) is 10.5. The fourth-order valence-corrected chi connectivity index (χ4v) is 8.18. The summed E-state index contributed by atoms with van der Waals surface area (Å²) in [5, 5.41) is 25.4. The van der Waals surface area contributed by atoms with Gasteiger partial charge in [-0.25, -0.2) is 13.2 Å². The number of rotatable bonds is 9. The molecule has 0 aliphatic carbocycles. The van der Waals surface area contributed by atoms with Gasteiger partial charge in [0.1, 0.15) is 11.6 Å². The number of amides is 2. The normalized spacial score (nSPS) is 19.9. The van der Waals surface area contributed by atoms with Crippen LogP contribution in [0.15, 0.2) is 58.3 Å². The summed E-state index contributed by atoms with van der Waals surface area (Å²) in [5.74, 6) is -0.661. The molecule has 0 spiro atoms. The number of sulfonamides is 1.